The Kier molecular flexibility index (Phi) is 7.66. The van der Waals surface area contributed by atoms with E-state index in [1.165, 1.54) is 0 Å². The summed E-state index contributed by atoms with van der Waals surface area (Å²) >= 11 is 18.8. The molecule has 9 heteroatoms. The third-order valence-electron chi connectivity index (χ3n) is 6.99. The van der Waals surface area contributed by atoms with Crippen LogP contribution in [0.25, 0.3) is 0 Å². The van der Waals surface area contributed by atoms with Gasteiger partial charge in [0.05, 0.1) is 5.02 Å². The molecule has 2 amide bonds. The molecule has 3 atom stereocenters. The molecule has 2 aromatic carbocycles. The van der Waals surface area contributed by atoms with E-state index in [9.17, 15) is 4.79 Å². The van der Waals surface area contributed by atoms with E-state index in [2.05, 4.69) is 5.32 Å². The highest BCUT2D eigenvalue weighted by Gasteiger charge is 2.41. The number of carbonyl (C=O) groups is 1. The number of benzene rings is 2. The molecule has 0 aliphatic carbocycles. The fourth-order valence-electron chi connectivity index (χ4n) is 5.36. The van der Waals surface area contributed by atoms with Crippen LogP contribution in [0.2, 0.25) is 15.1 Å². The van der Waals surface area contributed by atoms with Crippen LogP contribution in [0.15, 0.2) is 36.4 Å². The van der Waals surface area contributed by atoms with Crippen molar-refractivity contribution in [3.63, 3.8) is 0 Å². The van der Waals surface area contributed by atoms with E-state index >= 15 is 0 Å². The Morgan fingerprint density at radius 1 is 1.06 bits per heavy atom. The fraction of sp³-hybridized carbons (Fsp3) is 0.500. The van der Waals surface area contributed by atoms with Crippen molar-refractivity contribution >= 4 is 40.8 Å². The Morgan fingerprint density at radius 2 is 1.80 bits per heavy atom. The predicted molar refractivity (Wildman–Crippen MR) is 136 cm³/mol. The first-order valence-corrected chi connectivity index (χ1v) is 13.2. The number of ether oxygens (including phenoxy) is 3. The summed E-state index contributed by atoms with van der Waals surface area (Å²) in [4.78, 5) is 15.1. The lowest BCUT2D eigenvalue weighted by Gasteiger charge is -2.48. The topological polar surface area (TPSA) is 60.0 Å². The molecule has 2 aromatic rings. The van der Waals surface area contributed by atoms with Crippen molar-refractivity contribution in [2.24, 2.45) is 0 Å². The van der Waals surface area contributed by atoms with Gasteiger partial charge in [0.1, 0.15) is 11.9 Å². The van der Waals surface area contributed by atoms with E-state index in [0.717, 1.165) is 43.2 Å². The van der Waals surface area contributed by atoms with Crippen LogP contribution in [0.1, 0.15) is 50.2 Å². The number of hydrogen-bond donors (Lipinski definition) is 1. The number of nitrogens with one attached hydrogen (secondary N) is 1. The number of hydrogen-bond acceptors (Lipinski definition) is 4. The van der Waals surface area contributed by atoms with Crippen LogP contribution in [0.3, 0.4) is 0 Å². The van der Waals surface area contributed by atoms with Gasteiger partial charge in [-0.2, -0.15) is 0 Å². The second kappa shape index (κ2) is 10.7. The van der Waals surface area contributed by atoms with Crippen LogP contribution in [0.4, 0.5) is 4.79 Å². The molecule has 5 rings (SSSR count). The number of urea groups is 1. The van der Waals surface area contributed by atoms with Gasteiger partial charge in [-0.3, -0.25) is 0 Å². The average molecular weight is 540 g/mol. The molecule has 3 aliphatic heterocycles. The van der Waals surface area contributed by atoms with Gasteiger partial charge in [0.25, 0.3) is 0 Å². The lowest BCUT2D eigenvalue weighted by atomic mass is 9.83. The first-order valence-electron chi connectivity index (χ1n) is 12.1. The lowest BCUT2D eigenvalue weighted by Crippen LogP contribution is -2.59. The summed E-state index contributed by atoms with van der Waals surface area (Å²) in [7, 11) is 0. The van der Waals surface area contributed by atoms with Crippen molar-refractivity contribution in [2.75, 3.05) is 0 Å². The van der Waals surface area contributed by atoms with Crippen LogP contribution >= 0.6 is 34.8 Å². The van der Waals surface area contributed by atoms with Crippen molar-refractivity contribution in [2.45, 2.75) is 82.8 Å². The molecule has 35 heavy (non-hydrogen) atoms. The number of carbonyl (C=O) groups excluding carboxylic acids is 1. The second-order valence-electron chi connectivity index (χ2n) is 9.49. The number of fused-ring (bicyclic) bond motifs is 2. The summed E-state index contributed by atoms with van der Waals surface area (Å²) in [5.41, 5.74) is 1.89. The van der Waals surface area contributed by atoms with Crippen LogP contribution in [0, 0.1) is 0 Å². The maximum absolute atomic E-state index is 13.1. The Morgan fingerprint density at radius 3 is 2.46 bits per heavy atom. The third-order valence-corrected chi connectivity index (χ3v) is 7.87. The first kappa shape index (κ1) is 25.0. The van der Waals surface area contributed by atoms with Crippen molar-refractivity contribution in [1.82, 2.24) is 10.2 Å². The summed E-state index contributed by atoms with van der Waals surface area (Å²) in [6.07, 6.45) is 4.95. The minimum Gasteiger partial charge on any atom is -0.489 e. The highest BCUT2D eigenvalue weighted by molar-refractivity contribution is 6.35. The monoisotopic (exact) mass is 538 g/mol. The molecule has 0 spiro atoms. The number of rotatable bonds is 6. The largest absolute Gasteiger partial charge is 0.489 e. The van der Waals surface area contributed by atoms with Gasteiger partial charge < -0.3 is 24.4 Å². The van der Waals surface area contributed by atoms with Gasteiger partial charge in [-0.05, 0) is 61.6 Å². The van der Waals surface area contributed by atoms with E-state index in [0.29, 0.717) is 33.8 Å². The first-order chi connectivity index (χ1) is 16.9. The van der Waals surface area contributed by atoms with Gasteiger partial charge >= 0.3 is 6.03 Å². The van der Waals surface area contributed by atoms with Gasteiger partial charge in [-0.15, -0.1) is 0 Å². The Hall–Kier alpha value is -1.70. The SMILES string of the molecule is CC1OC(Cc2ccc(OC3C[C@H]4CCC[C@@H](C3)N4C(=O)NCc3ccc(Cl)cc3Cl)c(Cl)c2)O1. The predicted octanol–water partition coefficient (Wildman–Crippen LogP) is 6.58. The van der Waals surface area contributed by atoms with E-state index in [4.69, 9.17) is 49.0 Å². The molecule has 3 fully saturated rings. The van der Waals surface area contributed by atoms with Gasteiger partial charge in [0.2, 0.25) is 0 Å². The van der Waals surface area contributed by atoms with Crippen molar-refractivity contribution in [3.8, 4) is 5.75 Å². The molecule has 188 valence electrons. The molecule has 1 unspecified atom stereocenters. The Balaban J connectivity index is 1.18. The fourth-order valence-corrected chi connectivity index (χ4v) is 6.08. The van der Waals surface area contributed by atoms with E-state index < -0.39 is 0 Å². The smallest absolute Gasteiger partial charge is 0.318 e. The quantitative estimate of drug-likeness (QED) is 0.450. The minimum atomic E-state index is -0.210. The molecule has 6 nitrogen and oxygen atoms in total. The van der Waals surface area contributed by atoms with Crippen LogP contribution in [-0.4, -0.2) is 41.7 Å². The Labute approximate surface area is 220 Å². The molecular formula is C26H29Cl3N2O4. The Bertz CT molecular complexity index is 1060. The van der Waals surface area contributed by atoms with Gasteiger partial charge in [-0.25, -0.2) is 4.79 Å². The lowest BCUT2D eigenvalue weighted by molar-refractivity contribution is -0.374. The summed E-state index contributed by atoms with van der Waals surface area (Å²) in [6, 6.07) is 11.4. The molecule has 3 aliphatic rings. The van der Waals surface area contributed by atoms with Crippen LogP contribution in [-0.2, 0) is 22.4 Å². The molecule has 1 N–H and O–H groups in total. The van der Waals surface area contributed by atoms with Gasteiger partial charge in [0.15, 0.2) is 12.6 Å². The zero-order valence-corrected chi connectivity index (χ0v) is 21.8. The van der Waals surface area contributed by atoms with Crippen molar-refractivity contribution < 1.29 is 19.0 Å². The van der Waals surface area contributed by atoms with Gasteiger partial charge in [-0.1, -0.05) is 46.9 Å². The minimum absolute atomic E-state index is 0.0163. The highest BCUT2D eigenvalue weighted by atomic mass is 35.5. The highest BCUT2D eigenvalue weighted by Crippen LogP contribution is 2.37. The molecule has 0 radical (unpaired) electrons. The van der Waals surface area contributed by atoms with Crippen LogP contribution in [0.5, 0.6) is 5.75 Å². The molecule has 0 aromatic heterocycles. The zero-order valence-electron chi connectivity index (χ0n) is 19.5. The van der Waals surface area contributed by atoms with Crippen molar-refractivity contribution in [1.29, 1.82) is 0 Å². The molecule has 3 heterocycles. The summed E-state index contributed by atoms with van der Waals surface area (Å²) in [5.74, 6) is 0.678. The van der Waals surface area contributed by atoms with Gasteiger partial charge in [0, 0.05) is 47.9 Å². The molecule has 3 saturated heterocycles. The van der Waals surface area contributed by atoms with Crippen LogP contribution < -0.4 is 10.1 Å². The zero-order chi connectivity index (χ0) is 24.5. The molecule has 2 bridgehead atoms. The summed E-state index contributed by atoms with van der Waals surface area (Å²) < 4.78 is 17.4. The van der Waals surface area contributed by atoms with Crippen molar-refractivity contribution in [3.05, 3.63) is 62.6 Å². The standard InChI is InChI=1S/C26H29Cl3N2O4/c1-15-33-25(34-15)10-16-5-8-24(23(29)9-16)35-21-12-19-3-2-4-20(13-21)31(19)26(32)30-14-17-6-7-18(27)11-22(17)28/h5-9,11,15,19-21,25H,2-4,10,12-14H2,1H3,(H,30,32)/t15?,19-,20+,21?,25?. The molecular weight excluding hydrogens is 511 g/mol. The summed E-state index contributed by atoms with van der Waals surface area (Å²) in [5, 5.41) is 4.75. The summed E-state index contributed by atoms with van der Waals surface area (Å²) in [6.45, 7) is 2.24. The maximum atomic E-state index is 13.1. The number of piperidine rings is 2. The molecule has 0 saturated carbocycles. The van der Waals surface area contributed by atoms with E-state index in [1.807, 2.05) is 36.1 Å². The maximum Gasteiger partial charge on any atom is 0.318 e. The number of amides is 2. The number of halogens is 3. The van der Waals surface area contributed by atoms with E-state index in [-0.39, 0.29) is 36.8 Å². The average Bonchev–Trinajstić information content (AvgIpc) is 2.78. The van der Waals surface area contributed by atoms with E-state index in [1.54, 1.807) is 12.1 Å². The second-order valence-corrected chi connectivity index (χ2v) is 10.7. The third kappa shape index (κ3) is 5.83. The normalized spacial score (nSPS) is 27.8. The number of nitrogens with zero attached hydrogens (tertiary/aromatic N) is 1.